The Bertz CT molecular complexity index is 470. The highest BCUT2D eigenvalue weighted by Gasteiger charge is 2.20. The van der Waals surface area contributed by atoms with Gasteiger partial charge in [-0.3, -0.25) is 10.1 Å². The van der Waals surface area contributed by atoms with Gasteiger partial charge in [0.1, 0.15) is 0 Å². The van der Waals surface area contributed by atoms with Gasteiger partial charge in [0.25, 0.3) is 5.69 Å². The van der Waals surface area contributed by atoms with E-state index in [9.17, 15) is 10.1 Å². The SMILES string of the molecule is N#CC1CCC(NCc2ccc([N+](=O)[O-])cc2)CC1. The molecule has 0 spiro atoms. The largest absolute Gasteiger partial charge is 0.310 e. The zero-order chi connectivity index (χ0) is 13.7. The van der Waals surface area contributed by atoms with E-state index < -0.39 is 0 Å². The van der Waals surface area contributed by atoms with Crippen molar-refractivity contribution in [3.8, 4) is 6.07 Å². The summed E-state index contributed by atoms with van der Waals surface area (Å²) in [5, 5.41) is 22.8. The number of benzene rings is 1. The topological polar surface area (TPSA) is 79.0 Å². The fourth-order valence-electron chi connectivity index (χ4n) is 2.42. The van der Waals surface area contributed by atoms with E-state index in [2.05, 4.69) is 11.4 Å². The molecule has 0 heterocycles. The highest BCUT2D eigenvalue weighted by Crippen LogP contribution is 2.23. The molecule has 100 valence electrons. The fourth-order valence-corrected chi connectivity index (χ4v) is 2.42. The van der Waals surface area contributed by atoms with E-state index >= 15 is 0 Å². The summed E-state index contributed by atoms with van der Waals surface area (Å²) < 4.78 is 0. The molecule has 1 N–H and O–H groups in total. The van der Waals surface area contributed by atoms with Crippen LogP contribution in [-0.4, -0.2) is 11.0 Å². The van der Waals surface area contributed by atoms with Gasteiger partial charge in [-0.2, -0.15) is 5.26 Å². The number of non-ortho nitro benzene ring substituents is 1. The Morgan fingerprint density at radius 1 is 1.26 bits per heavy atom. The average molecular weight is 259 g/mol. The number of nitro benzene ring substituents is 1. The van der Waals surface area contributed by atoms with Crippen molar-refractivity contribution in [1.29, 1.82) is 5.26 Å². The van der Waals surface area contributed by atoms with Gasteiger partial charge in [0, 0.05) is 30.6 Å². The molecule has 1 saturated carbocycles. The van der Waals surface area contributed by atoms with Gasteiger partial charge in [0.05, 0.1) is 11.0 Å². The van der Waals surface area contributed by atoms with Crippen molar-refractivity contribution in [2.45, 2.75) is 38.3 Å². The molecule has 5 nitrogen and oxygen atoms in total. The van der Waals surface area contributed by atoms with Crippen LogP contribution in [0.1, 0.15) is 31.2 Å². The van der Waals surface area contributed by atoms with E-state index in [1.807, 2.05) is 0 Å². The smallest absolute Gasteiger partial charge is 0.269 e. The van der Waals surface area contributed by atoms with Crippen LogP contribution >= 0.6 is 0 Å². The first kappa shape index (κ1) is 13.5. The molecular formula is C14H17N3O2. The lowest BCUT2D eigenvalue weighted by atomic mass is 9.87. The highest BCUT2D eigenvalue weighted by atomic mass is 16.6. The van der Waals surface area contributed by atoms with Crippen LogP contribution in [-0.2, 0) is 6.54 Å². The average Bonchev–Trinajstić information content (AvgIpc) is 2.46. The molecule has 2 rings (SSSR count). The number of nitrogens with one attached hydrogen (secondary N) is 1. The van der Waals surface area contributed by atoms with Crippen molar-refractivity contribution in [3.05, 3.63) is 39.9 Å². The molecule has 5 heteroatoms. The van der Waals surface area contributed by atoms with Crippen molar-refractivity contribution in [2.24, 2.45) is 5.92 Å². The van der Waals surface area contributed by atoms with Crippen LogP contribution in [0, 0.1) is 27.4 Å². The van der Waals surface area contributed by atoms with E-state index in [0.717, 1.165) is 37.8 Å². The third-order valence-corrected chi connectivity index (χ3v) is 3.65. The summed E-state index contributed by atoms with van der Waals surface area (Å²) in [5.41, 5.74) is 1.17. The van der Waals surface area contributed by atoms with Crippen LogP contribution in [0.4, 0.5) is 5.69 Å². The Morgan fingerprint density at radius 2 is 1.89 bits per heavy atom. The van der Waals surface area contributed by atoms with Gasteiger partial charge in [0.15, 0.2) is 0 Å². The van der Waals surface area contributed by atoms with E-state index in [1.54, 1.807) is 12.1 Å². The van der Waals surface area contributed by atoms with E-state index in [4.69, 9.17) is 5.26 Å². The first-order valence-corrected chi connectivity index (χ1v) is 6.55. The molecule has 1 aliphatic carbocycles. The Morgan fingerprint density at radius 3 is 2.42 bits per heavy atom. The minimum Gasteiger partial charge on any atom is -0.310 e. The van der Waals surface area contributed by atoms with Gasteiger partial charge in [-0.05, 0) is 31.2 Å². The molecule has 0 atom stereocenters. The van der Waals surface area contributed by atoms with Gasteiger partial charge in [-0.1, -0.05) is 12.1 Å². The van der Waals surface area contributed by atoms with Crippen LogP contribution in [0.3, 0.4) is 0 Å². The van der Waals surface area contributed by atoms with Crippen molar-refractivity contribution in [1.82, 2.24) is 5.32 Å². The lowest BCUT2D eigenvalue weighted by Gasteiger charge is -2.25. The van der Waals surface area contributed by atoms with Gasteiger partial charge in [0.2, 0.25) is 0 Å². The van der Waals surface area contributed by atoms with E-state index in [-0.39, 0.29) is 16.5 Å². The van der Waals surface area contributed by atoms with Crippen LogP contribution < -0.4 is 5.32 Å². The molecule has 1 aromatic carbocycles. The minimum atomic E-state index is -0.389. The molecule has 1 aromatic rings. The molecule has 0 saturated heterocycles. The quantitative estimate of drug-likeness (QED) is 0.666. The third-order valence-electron chi connectivity index (χ3n) is 3.65. The number of hydrogen-bond acceptors (Lipinski definition) is 4. The Hall–Kier alpha value is -1.93. The van der Waals surface area contributed by atoms with Crippen LogP contribution in [0.5, 0.6) is 0 Å². The lowest BCUT2D eigenvalue weighted by molar-refractivity contribution is -0.384. The summed E-state index contributed by atoms with van der Waals surface area (Å²) >= 11 is 0. The van der Waals surface area contributed by atoms with Crippen LogP contribution in [0.25, 0.3) is 0 Å². The first-order chi connectivity index (χ1) is 9.19. The van der Waals surface area contributed by atoms with Gasteiger partial charge in [-0.15, -0.1) is 0 Å². The fraction of sp³-hybridized carbons (Fsp3) is 0.500. The summed E-state index contributed by atoms with van der Waals surface area (Å²) in [6, 6.07) is 9.41. The molecule has 0 aliphatic heterocycles. The predicted octanol–water partition coefficient (Wildman–Crippen LogP) is 2.77. The molecule has 0 bridgehead atoms. The summed E-state index contributed by atoms with van der Waals surface area (Å²) in [7, 11) is 0. The number of rotatable bonds is 4. The predicted molar refractivity (Wildman–Crippen MR) is 71.3 cm³/mol. The summed E-state index contributed by atoms with van der Waals surface area (Å²) in [4.78, 5) is 10.2. The maximum absolute atomic E-state index is 10.5. The molecule has 0 radical (unpaired) electrons. The van der Waals surface area contributed by atoms with Gasteiger partial charge in [-0.25, -0.2) is 0 Å². The van der Waals surface area contributed by atoms with Gasteiger partial charge < -0.3 is 5.32 Å². The zero-order valence-electron chi connectivity index (χ0n) is 10.7. The molecule has 0 aromatic heterocycles. The minimum absolute atomic E-state index is 0.123. The molecule has 1 fully saturated rings. The molecular weight excluding hydrogens is 242 g/mol. The van der Waals surface area contributed by atoms with Crippen LogP contribution in [0.2, 0.25) is 0 Å². The van der Waals surface area contributed by atoms with E-state index in [1.165, 1.54) is 12.1 Å². The van der Waals surface area contributed by atoms with Crippen molar-refractivity contribution >= 4 is 5.69 Å². The normalized spacial score (nSPS) is 22.7. The number of nitro groups is 1. The Kier molecular flexibility index (Phi) is 4.48. The third kappa shape index (κ3) is 3.76. The van der Waals surface area contributed by atoms with Crippen molar-refractivity contribution in [2.75, 3.05) is 0 Å². The standard InChI is InChI=1S/C14H17N3O2/c15-9-11-1-5-13(6-2-11)16-10-12-3-7-14(8-4-12)17(18)19/h3-4,7-8,11,13,16H,1-2,5-6,10H2. The van der Waals surface area contributed by atoms with Crippen LogP contribution in [0.15, 0.2) is 24.3 Å². The monoisotopic (exact) mass is 259 g/mol. The lowest BCUT2D eigenvalue weighted by Crippen LogP contribution is -2.32. The van der Waals surface area contributed by atoms with Crippen molar-refractivity contribution < 1.29 is 4.92 Å². The second-order valence-corrected chi connectivity index (χ2v) is 4.98. The Labute approximate surface area is 112 Å². The molecule has 1 aliphatic rings. The molecule has 0 amide bonds. The summed E-state index contributed by atoms with van der Waals surface area (Å²) in [6.07, 6.45) is 4.00. The second kappa shape index (κ2) is 6.30. The van der Waals surface area contributed by atoms with Crippen molar-refractivity contribution in [3.63, 3.8) is 0 Å². The van der Waals surface area contributed by atoms with E-state index in [0.29, 0.717) is 6.04 Å². The highest BCUT2D eigenvalue weighted by molar-refractivity contribution is 5.32. The maximum Gasteiger partial charge on any atom is 0.269 e. The number of hydrogen-bond donors (Lipinski definition) is 1. The zero-order valence-corrected chi connectivity index (χ0v) is 10.7. The number of nitriles is 1. The Balaban J connectivity index is 1.80. The maximum atomic E-state index is 10.5. The number of nitrogens with zero attached hydrogens (tertiary/aromatic N) is 2. The second-order valence-electron chi connectivity index (χ2n) is 4.98. The van der Waals surface area contributed by atoms with Gasteiger partial charge >= 0.3 is 0 Å². The summed E-state index contributed by atoms with van der Waals surface area (Å²) in [5.74, 6) is 0.220. The molecule has 0 unspecified atom stereocenters. The first-order valence-electron chi connectivity index (χ1n) is 6.55. The summed E-state index contributed by atoms with van der Waals surface area (Å²) in [6.45, 7) is 0.722. The molecule has 19 heavy (non-hydrogen) atoms.